The molecule has 1 aliphatic rings. The van der Waals surface area contributed by atoms with Gasteiger partial charge in [-0.3, -0.25) is 9.58 Å². The molecule has 0 aliphatic carbocycles. The fourth-order valence-corrected chi connectivity index (χ4v) is 3.40. The number of nitrogens with zero attached hydrogens (tertiary/aromatic N) is 3. The number of hydrogen-bond donors (Lipinski definition) is 0. The Balaban J connectivity index is 2.08. The van der Waals surface area contributed by atoms with Gasteiger partial charge in [0.1, 0.15) is 0 Å². The van der Waals surface area contributed by atoms with Gasteiger partial charge in [0.2, 0.25) is 0 Å². The van der Waals surface area contributed by atoms with Crippen molar-refractivity contribution in [1.29, 1.82) is 0 Å². The third-order valence-electron chi connectivity index (χ3n) is 3.08. The van der Waals surface area contributed by atoms with Crippen molar-refractivity contribution in [1.82, 2.24) is 14.7 Å². The molecule has 5 heteroatoms. The van der Waals surface area contributed by atoms with E-state index in [1.165, 1.54) is 25.1 Å². The molecule has 1 saturated heterocycles. The number of halogens is 2. The monoisotopic (exact) mass is 349 g/mol. The molecule has 0 spiro atoms. The van der Waals surface area contributed by atoms with E-state index in [0.29, 0.717) is 4.83 Å². The molecule has 0 aromatic carbocycles. The van der Waals surface area contributed by atoms with Gasteiger partial charge in [0, 0.05) is 25.0 Å². The van der Waals surface area contributed by atoms with Crippen LogP contribution in [-0.4, -0.2) is 32.6 Å². The Labute approximate surface area is 113 Å². The van der Waals surface area contributed by atoms with Crippen molar-refractivity contribution in [2.45, 2.75) is 31.1 Å². The summed E-state index contributed by atoms with van der Waals surface area (Å²) in [5.41, 5.74) is 2.35. The van der Waals surface area contributed by atoms with Crippen molar-refractivity contribution < 1.29 is 0 Å². The summed E-state index contributed by atoms with van der Waals surface area (Å²) in [5.74, 6) is 0. The smallest absolute Gasteiger partial charge is 0.0739 e. The van der Waals surface area contributed by atoms with Crippen molar-refractivity contribution in [2.24, 2.45) is 7.05 Å². The first-order valence-electron chi connectivity index (χ1n) is 5.62. The van der Waals surface area contributed by atoms with E-state index in [0.717, 1.165) is 23.3 Å². The average molecular weight is 351 g/mol. The van der Waals surface area contributed by atoms with Gasteiger partial charge in [-0.15, -0.1) is 0 Å². The first kappa shape index (κ1) is 12.6. The molecule has 1 aromatic heterocycles. The number of likely N-dealkylation sites (tertiary alicyclic amines) is 1. The molecule has 1 unspecified atom stereocenters. The number of alkyl halides is 1. The molecule has 2 rings (SSSR count). The molecule has 1 fully saturated rings. The summed E-state index contributed by atoms with van der Waals surface area (Å²) in [6.07, 6.45) is 2.58. The lowest BCUT2D eigenvalue weighted by molar-refractivity contribution is 0.222. The second kappa shape index (κ2) is 5.19. The first-order valence-corrected chi connectivity index (χ1v) is 7.33. The summed E-state index contributed by atoms with van der Waals surface area (Å²) in [6.45, 7) is 5.35. The van der Waals surface area contributed by atoms with E-state index >= 15 is 0 Å². The van der Waals surface area contributed by atoms with Gasteiger partial charge < -0.3 is 0 Å². The van der Waals surface area contributed by atoms with E-state index in [1.807, 2.05) is 18.7 Å². The SMILES string of the molecule is Cc1nn(C)c(CN2CCCC(Br)C2)c1Br. The number of aryl methyl sites for hydroxylation is 2. The molecule has 1 aromatic rings. The van der Waals surface area contributed by atoms with Crippen molar-refractivity contribution in [3.8, 4) is 0 Å². The molecule has 0 amide bonds. The molecule has 0 radical (unpaired) electrons. The van der Waals surface area contributed by atoms with Crippen LogP contribution in [0.5, 0.6) is 0 Å². The van der Waals surface area contributed by atoms with E-state index in [9.17, 15) is 0 Å². The van der Waals surface area contributed by atoms with Gasteiger partial charge >= 0.3 is 0 Å². The van der Waals surface area contributed by atoms with Crippen LogP contribution in [0, 0.1) is 6.92 Å². The summed E-state index contributed by atoms with van der Waals surface area (Å²) in [5, 5.41) is 4.43. The Morgan fingerprint density at radius 2 is 2.25 bits per heavy atom. The van der Waals surface area contributed by atoms with Crippen molar-refractivity contribution in [2.75, 3.05) is 13.1 Å². The first-order chi connectivity index (χ1) is 7.58. The number of hydrogen-bond acceptors (Lipinski definition) is 2. The largest absolute Gasteiger partial charge is 0.296 e. The lowest BCUT2D eigenvalue weighted by Gasteiger charge is -2.29. The van der Waals surface area contributed by atoms with Crippen LogP contribution in [0.15, 0.2) is 4.47 Å². The average Bonchev–Trinajstić information content (AvgIpc) is 2.45. The summed E-state index contributed by atoms with van der Waals surface area (Å²) < 4.78 is 3.14. The molecule has 3 nitrogen and oxygen atoms in total. The van der Waals surface area contributed by atoms with Gasteiger partial charge in [-0.2, -0.15) is 5.10 Å². The molecule has 16 heavy (non-hydrogen) atoms. The zero-order valence-corrected chi connectivity index (χ0v) is 12.9. The van der Waals surface area contributed by atoms with Gasteiger partial charge in [-0.1, -0.05) is 15.9 Å². The highest BCUT2D eigenvalue weighted by molar-refractivity contribution is 9.10. The Bertz CT molecular complexity index is 376. The Morgan fingerprint density at radius 3 is 2.81 bits per heavy atom. The predicted molar refractivity (Wildman–Crippen MR) is 72.9 cm³/mol. The van der Waals surface area contributed by atoms with Gasteiger partial charge in [0.15, 0.2) is 0 Å². The van der Waals surface area contributed by atoms with Crippen LogP contribution < -0.4 is 0 Å². The number of rotatable bonds is 2. The van der Waals surface area contributed by atoms with Gasteiger partial charge in [0.25, 0.3) is 0 Å². The molecular weight excluding hydrogens is 334 g/mol. The van der Waals surface area contributed by atoms with Crippen molar-refractivity contribution in [3.63, 3.8) is 0 Å². The number of aromatic nitrogens is 2. The predicted octanol–water partition coefficient (Wildman–Crippen LogP) is 2.85. The van der Waals surface area contributed by atoms with E-state index in [4.69, 9.17) is 0 Å². The normalized spacial score (nSPS) is 22.6. The fourth-order valence-electron chi connectivity index (χ4n) is 2.21. The van der Waals surface area contributed by atoms with Crippen LogP contribution in [0.2, 0.25) is 0 Å². The van der Waals surface area contributed by atoms with E-state index in [-0.39, 0.29) is 0 Å². The van der Waals surface area contributed by atoms with Crippen LogP contribution in [0.1, 0.15) is 24.2 Å². The molecule has 1 aliphatic heterocycles. The van der Waals surface area contributed by atoms with Gasteiger partial charge in [-0.05, 0) is 42.2 Å². The zero-order valence-electron chi connectivity index (χ0n) is 9.71. The minimum Gasteiger partial charge on any atom is -0.296 e. The Morgan fingerprint density at radius 1 is 1.50 bits per heavy atom. The second-order valence-corrected chi connectivity index (χ2v) is 6.53. The standard InChI is InChI=1S/C11H17Br2N3/c1-8-11(13)10(15(2)14-8)7-16-5-3-4-9(12)6-16/h9H,3-7H2,1-2H3. The van der Waals surface area contributed by atoms with Gasteiger partial charge in [-0.25, -0.2) is 0 Å². The Kier molecular flexibility index (Phi) is 4.08. The summed E-state index contributed by atoms with van der Waals surface area (Å²) >= 11 is 7.33. The summed E-state index contributed by atoms with van der Waals surface area (Å²) in [6, 6.07) is 0. The van der Waals surface area contributed by atoms with Crippen LogP contribution in [0.3, 0.4) is 0 Å². The topological polar surface area (TPSA) is 21.1 Å². The molecule has 2 heterocycles. The van der Waals surface area contributed by atoms with E-state index in [1.54, 1.807) is 0 Å². The Hall–Kier alpha value is 0.130. The van der Waals surface area contributed by atoms with Crippen LogP contribution in [0.25, 0.3) is 0 Å². The minimum atomic E-state index is 0.648. The number of piperidine rings is 1. The summed E-state index contributed by atoms with van der Waals surface area (Å²) in [7, 11) is 2.02. The third-order valence-corrected chi connectivity index (χ3v) is 4.86. The van der Waals surface area contributed by atoms with Crippen LogP contribution in [0.4, 0.5) is 0 Å². The fraction of sp³-hybridized carbons (Fsp3) is 0.727. The highest BCUT2D eigenvalue weighted by atomic mass is 79.9. The van der Waals surface area contributed by atoms with Crippen molar-refractivity contribution >= 4 is 31.9 Å². The molecule has 90 valence electrons. The highest BCUT2D eigenvalue weighted by Gasteiger charge is 2.20. The minimum absolute atomic E-state index is 0.648. The lowest BCUT2D eigenvalue weighted by atomic mass is 10.1. The maximum atomic E-state index is 4.43. The molecular formula is C11H17Br2N3. The molecule has 1 atom stereocenters. The van der Waals surface area contributed by atoms with E-state index < -0.39 is 0 Å². The molecule has 0 bridgehead atoms. The second-order valence-electron chi connectivity index (χ2n) is 4.44. The highest BCUT2D eigenvalue weighted by Crippen LogP contribution is 2.24. The molecule has 0 saturated carbocycles. The molecule has 0 N–H and O–H groups in total. The third kappa shape index (κ3) is 2.68. The van der Waals surface area contributed by atoms with Crippen LogP contribution >= 0.6 is 31.9 Å². The van der Waals surface area contributed by atoms with E-state index in [2.05, 4.69) is 41.9 Å². The maximum absolute atomic E-state index is 4.43. The van der Waals surface area contributed by atoms with Gasteiger partial charge in [0.05, 0.1) is 15.9 Å². The maximum Gasteiger partial charge on any atom is 0.0739 e. The van der Waals surface area contributed by atoms with Crippen LogP contribution in [-0.2, 0) is 13.6 Å². The zero-order chi connectivity index (χ0) is 11.7. The summed E-state index contributed by atoms with van der Waals surface area (Å²) in [4.78, 5) is 3.14. The van der Waals surface area contributed by atoms with Crippen molar-refractivity contribution in [3.05, 3.63) is 15.9 Å². The lowest BCUT2D eigenvalue weighted by Crippen LogP contribution is -2.35. The quantitative estimate of drug-likeness (QED) is 0.765.